The molecule has 1 aliphatic heterocycles. The molecule has 168 valence electrons. The maximum atomic E-state index is 12.8. The monoisotopic (exact) mass is 444 g/mol. The van der Waals surface area contributed by atoms with E-state index in [2.05, 4.69) is 4.98 Å². The molecule has 0 saturated carbocycles. The number of carbonyl (C=O) groups excluding carboxylic acids is 1. The molecule has 32 heavy (non-hydrogen) atoms. The topological polar surface area (TPSA) is 55.6 Å². The molecule has 0 unspecified atom stereocenters. The molecule has 4 rings (SSSR count). The third-order valence-corrected chi connectivity index (χ3v) is 5.45. The van der Waals surface area contributed by atoms with Crippen LogP contribution in [0.5, 0.6) is 5.75 Å². The molecule has 2 aromatic carbocycles. The van der Waals surface area contributed by atoms with Crippen LogP contribution in [0.2, 0.25) is 0 Å². The van der Waals surface area contributed by atoms with Crippen molar-refractivity contribution in [2.75, 3.05) is 19.7 Å². The van der Waals surface area contributed by atoms with Crippen molar-refractivity contribution in [1.82, 2.24) is 9.88 Å². The first-order chi connectivity index (χ1) is 15.3. The molecular weight excluding hydrogens is 421 g/mol. The summed E-state index contributed by atoms with van der Waals surface area (Å²) in [6, 6.07) is 11.8. The van der Waals surface area contributed by atoms with E-state index in [4.69, 9.17) is 9.15 Å². The Morgan fingerprint density at radius 2 is 1.62 bits per heavy atom. The molecule has 0 N–H and O–H groups in total. The van der Waals surface area contributed by atoms with E-state index in [1.165, 1.54) is 12.1 Å². The summed E-state index contributed by atoms with van der Waals surface area (Å²) in [4.78, 5) is 18.5. The fourth-order valence-corrected chi connectivity index (χ4v) is 3.68. The fourth-order valence-electron chi connectivity index (χ4n) is 3.68. The number of benzene rings is 2. The Morgan fingerprint density at radius 1 is 1.00 bits per heavy atom. The second kappa shape index (κ2) is 9.06. The standard InChI is InChI=1S/C24H23F3N2O3/c1-16-22(28-23(32-16)18-5-9-19(10-6-18)24(25,26)27)17-7-11-20(12-8-17)31-15-21(30)29-13-3-2-4-14-29/h5-12H,2-4,13-15H2,1H3. The predicted molar refractivity (Wildman–Crippen MR) is 113 cm³/mol. The number of nitrogens with zero attached hydrogens (tertiary/aromatic N) is 2. The van der Waals surface area contributed by atoms with Crippen LogP contribution in [0.3, 0.4) is 0 Å². The number of hydrogen-bond acceptors (Lipinski definition) is 4. The molecule has 5 nitrogen and oxygen atoms in total. The highest BCUT2D eigenvalue weighted by Crippen LogP contribution is 2.33. The van der Waals surface area contributed by atoms with Crippen LogP contribution in [0.1, 0.15) is 30.6 Å². The minimum Gasteiger partial charge on any atom is -0.484 e. The number of carbonyl (C=O) groups is 1. The zero-order valence-corrected chi connectivity index (χ0v) is 17.6. The van der Waals surface area contributed by atoms with Gasteiger partial charge in [0, 0.05) is 24.2 Å². The lowest BCUT2D eigenvalue weighted by molar-refractivity contribution is -0.137. The number of alkyl halides is 3. The number of rotatable bonds is 5. The van der Waals surface area contributed by atoms with E-state index in [1.807, 2.05) is 17.0 Å². The SMILES string of the molecule is Cc1oc(-c2ccc(C(F)(F)F)cc2)nc1-c1ccc(OCC(=O)N2CCCCC2)cc1. The molecule has 0 aliphatic carbocycles. The molecular formula is C24H23F3N2O3. The lowest BCUT2D eigenvalue weighted by Crippen LogP contribution is -2.38. The zero-order valence-electron chi connectivity index (χ0n) is 17.6. The smallest absolute Gasteiger partial charge is 0.416 e. The van der Waals surface area contributed by atoms with Crippen molar-refractivity contribution in [2.45, 2.75) is 32.4 Å². The Hall–Kier alpha value is -3.29. The van der Waals surface area contributed by atoms with Gasteiger partial charge in [0.25, 0.3) is 5.91 Å². The van der Waals surface area contributed by atoms with Gasteiger partial charge in [-0.05, 0) is 74.7 Å². The van der Waals surface area contributed by atoms with Crippen molar-refractivity contribution in [3.63, 3.8) is 0 Å². The van der Waals surface area contributed by atoms with Crippen LogP contribution in [-0.4, -0.2) is 35.5 Å². The largest absolute Gasteiger partial charge is 0.484 e. The quantitative estimate of drug-likeness (QED) is 0.505. The van der Waals surface area contributed by atoms with Crippen LogP contribution < -0.4 is 4.74 Å². The molecule has 0 atom stereocenters. The average Bonchev–Trinajstić information content (AvgIpc) is 3.19. The molecule has 1 fully saturated rings. The normalized spacial score (nSPS) is 14.4. The van der Waals surface area contributed by atoms with Gasteiger partial charge in [-0.1, -0.05) is 0 Å². The van der Waals surface area contributed by atoms with E-state index in [0.29, 0.717) is 22.8 Å². The molecule has 1 saturated heterocycles. The number of ether oxygens (including phenoxy) is 1. The van der Waals surface area contributed by atoms with Gasteiger partial charge < -0.3 is 14.1 Å². The molecule has 8 heteroatoms. The van der Waals surface area contributed by atoms with Crippen LogP contribution in [0.15, 0.2) is 52.9 Å². The highest BCUT2D eigenvalue weighted by molar-refractivity contribution is 5.78. The molecule has 1 amide bonds. The maximum Gasteiger partial charge on any atom is 0.416 e. The van der Waals surface area contributed by atoms with Gasteiger partial charge >= 0.3 is 6.18 Å². The van der Waals surface area contributed by atoms with Crippen molar-refractivity contribution in [2.24, 2.45) is 0 Å². The van der Waals surface area contributed by atoms with E-state index in [9.17, 15) is 18.0 Å². The van der Waals surface area contributed by atoms with E-state index in [0.717, 1.165) is 50.0 Å². The summed E-state index contributed by atoms with van der Waals surface area (Å²) in [5.74, 6) is 1.36. The lowest BCUT2D eigenvalue weighted by Gasteiger charge is -2.26. The highest BCUT2D eigenvalue weighted by Gasteiger charge is 2.30. The Balaban J connectivity index is 1.43. The van der Waals surface area contributed by atoms with Gasteiger partial charge in [-0.15, -0.1) is 0 Å². The number of oxazole rings is 1. The Bertz CT molecular complexity index is 1070. The molecule has 3 aromatic rings. The van der Waals surface area contributed by atoms with Crippen LogP contribution in [0.4, 0.5) is 13.2 Å². The van der Waals surface area contributed by atoms with E-state index in [-0.39, 0.29) is 18.4 Å². The second-order valence-electron chi connectivity index (χ2n) is 7.75. The third-order valence-electron chi connectivity index (χ3n) is 5.45. The van der Waals surface area contributed by atoms with E-state index >= 15 is 0 Å². The molecule has 1 aromatic heterocycles. The van der Waals surface area contributed by atoms with E-state index in [1.54, 1.807) is 19.1 Å². The van der Waals surface area contributed by atoms with Gasteiger partial charge in [0.2, 0.25) is 5.89 Å². The summed E-state index contributed by atoms with van der Waals surface area (Å²) in [6.07, 6.45) is -1.16. The summed E-state index contributed by atoms with van der Waals surface area (Å²) < 4.78 is 49.6. The number of likely N-dealkylation sites (tertiary alicyclic amines) is 1. The third kappa shape index (κ3) is 4.95. The van der Waals surface area contributed by atoms with Crippen molar-refractivity contribution < 1.29 is 27.1 Å². The zero-order chi connectivity index (χ0) is 22.7. The van der Waals surface area contributed by atoms with Gasteiger partial charge in [0.05, 0.1) is 5.56 Å². The number of hydrogen-bond donors (Lipinski definition) is 0. The highest BCUT2D eigenvalue weighted by atomic mass is 19.4. The predicted octanol–water partition coefficient (Wildman–Crippen LogP) is 5.73. The van der Waals surface area contributed by atoms with Crippen molar-refractivity contribution in [3.8, 4) is 28.5 Å². The maximum absolute atomic E-state index is 12.8. The van der Waals surface area contributed by atoms with Gasteiger partial charge in [-0.25, -0.2) is 4.98 Å². The van der Waals surface area contributed by atoms with Crippen LogP contribution >= 0.6 is 0 Å². The van der Waals surface area contributed by atoms with Crippen LogP contribution in [-0.2, 0) is 11.0 Å². The lowest BCUT2D eigenvalue weighted by atomic mass is 10.1. The van der Waals surface area contributed by atoms with Gasteiger partial charge in [0.15, 0.2) is 6.61 Å². The van der Waals surface area contributed by atoms with Gasteiger partial charge in [0.1, 0.15) is 17.2 Å². The Kier molecular flexibility index (Phi) is 6.21. The fraction of sp³-hybridized carbons (Fsp3) is 0.333. The molecule has 0 radical (unpaired) electrons. The first-order valence-corrected chi connectivity index (χ1v) is 10.5. The molecule has 2 heterocycles. The first kappa shape index (κ1) is 21.9. The first-order valence-electron chi connectivity index (χ1n) is 10.5. The number of amides is 1. The summed E-state index contributed by atoms with van der Waals surface area (Å²) in [7, 11) is 0. The van der Waals surface area contributed by atoms with Crippen molar-refractivity contribution in [1.29, 1.82) is 0 Å². The molecule has 0 spiro atoms. The summed E-state index contributed by atoms with van der Waals surface area (Å²) in [5, 5.41) is 0. The number of aryl methyl sites for hydroxylation is 1. The molecule has 0 bridgehead atoms. The van der Waals surface area contributed by atoms with E-state index < -0.39 is 11.7 Å². The van der Waals surface area contributed by atoms with Gasteiger partial charge in [-0.3, -0.25) is 4.79 Å². The van der Waals surface area contributed by atoms with Gasteiger partial charge in [-0.2, -0.15) is 13.2 Å². The Labute approximate surface area is 183 Å². The van der Waals surface area contributed by atoms with Crippen LogP contribution in [0, 0.1) is 6.92 Å². The minimum atomic E-state index is -4.39. The molecule has 1 aliphatic rings. The minimum absolute atomic E-state index is 0.000401. The van der Waals surface area contributed by atoms with Crippen LogP contribution in [0.25, 0.3) is 22.7 Å². The average molecular weight is 444 g/mol. The van der Waals surface area contributed by atoms with Crippen molar-refractivity contribution >= 4 is 5.91 Å². The second-order valence-corrected chi connectivity index (χ2v) is 7.75. The Morgan fingerprint density at radius 3 is 2.25 bits per heavy atom. The number of piperidine rings is 1. The summed E-state index contributed by atoms with van der Waals surface area (Å²) in [5.41, 5.74) is 1.11. The summed E-state index contributed by atoms with van der Waals surface area (Å²) >= 11 is 0. The number of halogens is 3. The number of aromatic nitrogens is 1. The van der Waals surface area contributed by atoms with Crippen molar-refractivity contribution in [3.05, 3.63) is 59.9 Å². The summed E-state index contributed by atoms with van der Waals surface area (Å²) in [6.45, 7) is 3.32.